The SMILES string of the molecule is COc1cc2c(cc1OC)[C@H](c1ccccc1Cl)N(C(=O)COc1ccc(Cl)cc1)CC2. The summed E-state index contributed by atoms with van der Waals surface area (Å²) in [4.78, 5) is 15.1. The van der Waals surface area contributed by atoms with E-state index in [1.165, 1.54) is 0 Å². The van der Waals surface area contributed by atoms with Crippen LogP contribution < -0.4 is 14.2 Å². The molecule has 0 aromatic heterocycles. The van der Waals surface area contributed by atoms with Crippen molar-refractivity contribution < 1.29 is 19.0 Å². The summed E-state index contributed by atoms with van der Waals surface area (Å²) in [6.07, 6.45) is 0.684. The van der Waals surface area contributed by atoms with E-state index in [1.807, 2.05) is 41.3 Å². The highest BCUT2D eigenvalue weighted by Crippen LogP contribution is 2.42. The zero-order valence-electron chi connectivity index (χ0n) is 17.8. The predicted molar refractivity (Wildman–Crippen MR) is 125 cm³/mol. The summed E-state index contributed by atoms with van der Waals surface area (Å²) in [7, 11) is 3.21. The second kappa shape index (κ2) is 9.72. The molecule has 7 heteroatoms. The van der Waals surface area contributed by atoms with E-state index in [-0.39, 0.29) is 18.6 Å². The third kappa shape index (κ3) is 4.50. The van der Waals surface area contributed by atoms with Gasteiger partial charge in [-0.3, -0.25) is 4.79 Å². The number of hydrogen-bond acceptors (Lipinski definition) is 4. The molecule has 1 atom stereocenters. The molecule has 32 heavy (non-hydrogen) atoms. The van der Waals surface area contributed by atoms with Gasteiger partial charge in [-0.05, 0) is 65.6 Å². The van der Waals surface area contributed by atoms with Crippen LogP contribution in [0.4, 0.5) is 0 Å². The molecule has 0 saturated carbocycles. The molecule has 3 aromatic carbocycles. The van der Waals surface area contributed by atoms with Crippen molar-refractivity contribution in [1.29, 1.82) is 0 Å². The van der Waals surface area contributed by atoms with Gasteiger partial charge in [-0.15, -0.1) is 0 Å². The molecule has 0 fully saturated rings. The van der Waals surface area contributed by atoms with E-state index in [2.05, 4.69) is 0 Å². The number of ether oxygens (including phenoxy) is 3. The maximum atomic E-state index is 13.3. The van der Waals surface area contributed by atoms with Crippen LogP contribution in [0.5, 0.6) is 17.2 Å². The minimum atomic E-state index is -0.367. The van der Waals surface area contributed by atoms with Crippen LogP contribution in [-0.4, -0.2) is 38.2 Å². The van der Waals surface area contributed by atoms with Crippen molar-refractivity contribution >= 4 is 29.1 Å². The Balaban J connectivity index is 1.69. The smallest absolute Gasteiger partial charge is 0.261 e. The van der Waals surface area contributed by atoms with Crippen molar-refractivity contribution in [2.24, 2.45) is 0 Å². The third-order valence-electron chi connectivity index (χ3n) is 5.57. The fraction of sp³-hybridized carbons (Fsp3) is 0.240. The monoisotopic (exact) mass is 471 g/mol. The number of carbonyl (C=O) groups excluding carboxylic acids is 1. The predicted octanol–water partition coefficient (Wildman–Crippen LogP) is 5.56. The van der Waals surface area contributed by atoms with Crippen LogP contribution in [0.25, 0.3) is 0 Å². The van der Waals surface area contributed by atoms with Crippen LogP contribution in [0.1, 0.15) is 22.7 Å². The van der Waals surface area contributed by atoms with Gasteiger partial charge in [0.15, 0.2) is 18.1 Å². The summed E-state index contributed by atoms with van der Waals surface area (Å²) in [5.41, 5.74) is 2.90. The first-order valence-corrected chi connectivity index (χ1v) is 10.9. The lowest BCUT2D eigenvalue weighted by molar-refractivity contribution is -0.135. The minimum Gasteiger partial charge on any atom is -0.493 e. The first-order chi connectivity index (χ1) is 15.5. The third-order valence-corrected chi connectivity index (χ3v) is 6.17. The van der Waals surface area contributed by atoms with Crippen LogP contribution in [0.2, 0.25) is 10.0 Å². The van der Waals surface area contributed by atoms with E-state index in [0.717, 1.165) is 16.7 Å². The van der Waals surface area contributed by atoms with Gasteiger partial charge in [-0.2, -0.15) is 0 Å². The van der Waals surface area contributed by atoms with Crippen molar-refractivity contribution in [2.75, 3.05) is 27.4 Å². The number of methoxy groups -OCH3 is 2. The number of amides is 1. The Morgan fingerprint density at radius 3 is 2.34 bits per heavy atom. The molecule has 0 radical (unpaired) electrons. The Morgan fingerprint density at radius 2 is 1.66 bits per heavy atom. The quantitative estimate of drug-likeness (QED) is 0.471. The Morgan fingerprint density at radius 1 is 0.969 bits per heavy atom. The second-order valence-corrected chi connectivity index (χ2v) is 8.25. The molecular formula is C25H23Cl2NO4. The first-order valence-electron chi connectivity index (χ1n) is 10.2. The Kier molecular flexibility index (Phi) is 6.77. The molecule has 3 aromatic rings. The number of halogens is 2. The van der Waals surface area contributed by atoms with Gasteiger partial charge in [0.05, 0.1) is 20.3 Å². The van der Waals surface area contributed by atoms with Gasteiger partial charge in [-0.25, -0.2) is 0 Å². The zero-order valence-corrected chi connectivity index (χ0v) is 19.3. The van der Waals surface area contributed by atoms with E-state index in [1.54, 1.807) is 38.5 Å². The van der Waals surface area contributed by atoms with E-state index in [9.17, 15) is 4.79 Å². The highest BCUT2D eigenvalue weighted by atomic mass is 35.5. The number of hydrogen-bond donors (Lipinski definition) is 0. The molecule has 0 aliphatic carbocycles. The summed E-state index contributed by atoms with van der Waals surface area (Å²) in [6.45, 7) is 0.437. The van der Waals surface area contributed by atoms with Gasteiger partial charge >= 0.3 is 0 Å². The molecule has 0 saturated heterocycles. The molecule has 0 bridgehead atoms. The van der Waals surface area contributed by atoms with Gasteiger partial charge in [0.1, 0.15) is 5.75 Å². The number of rotatable bonds is 6. The Labute approximate surface area is 197 Å². The Hall–Kier alpha value is -2.89. The minimum absolute atomic E-state index is 0.0921. The average Bonchev–Trinajstić information content (AvgIpc) is 2.82. The van der Waals surface area contributed by atoms with Gasteiger partial charge in [0.2, 0.25) is 0 Å². The van der Waals surface area contributed by atoms with Crippen molar-refractivity contribution in [3.8, 4) is 17.2 Å². The summed E-state index contributed by atoms with van der Waals surface area (Å²) < 4.78 is 16.7. The van der Waals surface area contributed by atoms with Gasteiger partial charge in [0.25, 0.3) is 5.91 Å². The fourth-order valence-electron chi connectivity index (χ4n) is 4.01. The topological polar surface area (TPSA) is 48.0 Å². The summed E-state index contributed by atoms with van der Waals surface area (Å²) in [5.74, 6) is 1.72. The molecule has 0 unspecified atom stereocenters. The number of fused-ring (bicyclic) bond motifs is 1. The molecule has 1 amide bonds. The van der Waals surface area contributed by atoms with Gasteiger partial charge < -0.3 is 19.1 Å². The zero-order chi connectivity index (χ0) is 22.7. The Bertz CT molecular complexity index is 1120. The largest absolute Gasteiger partial charge is 0.493 e. The van der Waals surface area contributed by atoms with Crippen molar-refractivity contribution in [3.63, 3.8) is 0 Å². The molecule has 5 nitrogen and oxygen atoms in total. The maximum Gasteiger partial charge on any atom is 0.261 e. The lowest BCUT2D eigenvalue weighted by Crippen LogP contribution is -2.43. The van der Waals surface area contributed by atoms with Crippen LogP contribution >= 0.6 is 23.2 Å². The average molecular weight is 472 g/mol. The van der Waals surface area contributed by atoms with E-state index >= 15 is 0 Å². The normalized spacial score (nSPS) is 15.1. The molecule has 1 aliphatic rings. The number of benzene rings is 3. The van der Waals surface area contributed by atoms with Crippen LogP contribution in [0.3, 0.4) is 0 Å². The highest BCUT2D eigenvalue weighted by molar-refractivity contribution is 6.31. The van der Waals surface area contributed by atoms with Crippen LogP contribution in [0, 0.1) is 0 Å². The summed E-state index contributed by atoms with van der Waals surface area (Å²) in [5, 5.41) is 1.20. The molecule has 1 heterocycles. The first kappa shape index (κ1) is 22.3. The molecular weight excluding hydrogens is 449 g/mol. The van der Waals surface area contributed by atoms with E-state index in [4.69, 9.17) is 37.4 Å². The molecule has 0 spiro atoms. The van der Waals surface area contributed by atoms with Crippen molar-refractivity contribution in [3.05, 3.63) is 87.4 Å². The second-order valence-electron chi connectivity index (χ2n) is 7.41. The summed E-state index contributed by atoms with van der Waals surface area (Å²) >= 11 is 12.5. The molecule has 4 rings (SSSR count). The molecule has 0 N–H and O–H groups in total. The van der Waals surface area contributed by atoms with E-state index in [0.29, 0.717) is 40.3 Å². The van der Waals surface area contributed by atoms with Crippen LogP contribution in [-0.2, 0) is 11.2 Å². The lowest BCUT2D eigenvalue weighted by Gasteiger charge is -2.38. The van der Waals surface area contributed by atoms with Gasteiger partial charge in [0, 0.05) is 16.6 Å². The molecule has 1 aliphatic heterocycles. The maximum absolute atomic E-state index is 13.3. The highest BCUT2D eigenvalue weighted by Gasteiger charge is 2.34. The van der Waals surface area contributed by atoms with E-state index < -0.39 is 0 Å². The fourth-order valence-corrected chi connectivity index (χ4v) is 4.37. The standard InChI is InChI=1S/C25H23Cl2NO4/c1-30-22-13-16-11-12-28(24(29)15-32-18-9-7-17(26)8-10-18)25(20(16)14-23(22)31-2)19-5-3-4-6-21(19)27/h3-10,13-14,25H,11-12,15H2,1-2H3/t25-/m0/s1. The van der Waals surface area contributed by atoms with Crippen molar-refractivity contribution in [1.82, 2.24) is 4.90 Å². The molecule has 166 valence electrons. The van der Waals surface area contributed by atoms with Crippen molar-refractivity contribution in [2.45, 2.75) is 12.5 Å². The number of carbonyl (C=O) groups is 1. The number of nitrogens with zero attached hydrogens (tertiary/aromatic N) is 1. The van der Waals surface area contributed by atoms with Crippen LogP contribution in [0.15, 0.2) is 60.7 Å². The summed E-state index contributed by atoms with van der Waals surface area (Å²) in [6, 6.07) is 18.0. The lowest BCUT2D eigenvalue weighted by atomic mass is 9.87. The van der Waals surface area contributed by atoms with Gasteiger partial charge in [-0.1, -0.05) is 41.4 Å².